The Balaban J connectivity index is 1.39. The normalized spacial score (nSPS) is 10.8. The average molecular weight is 392 g/mol. The van der Waals surface area contributed by atoms with Gasteiger partial charge in [-0.25, -0.2) is 4.79 Å². The molecule has 0 bridgehead atoms. The second kappa shape index (κ2) is 8.97. The molecule has 4 rings (SSSR count). The highest BCUT2D eigenvalue weighted by molar-refractivity contribution is 5.91. The van der Waals surface area contributed by atoms with Crippen LogP contribution in [0.1, 0.15) is 15.9 Å². The molecule has 0 aromatic heterocycles. The van der Waals surface area contributed by atoms with Gasteiger partial charge in [-0.15, -0.1) is 0 Å². The fraction of sp³-hybridized carbons (Fsp3) is 0.0385. The lowest BCUT2D eigenvalue weighted by atomic mass is 10.0. The molecule has 0 N–H and O–H groups in total. The molecule has 0 amide bonds. The Labute approximate surface area is 175 Å². The molecule has 0 spiro atoms. The summed E-state index contributed by atoms with van der Waals surface area (Å²) in [6, 6.07) is 32.1. The number of ether oxygens (including phenoxy) is 1. The third-order valence-electron chi connectivity index (χ3n) is 4.59. The van der Waals surface area contributed by atoms with E-state index in [1.165, 1.54) is 5.56 Å². The fourth-order valence-corrected chi connectivity index (χ4v) is 2.90. The van der Waals surface area contributed by atoms with Crippen molar-refractivity contribution in [3.63, 3.8) is 0 Å². The van der Waals surface area contributed by atoms with Gasteiger partial charge in [0.05, 0.1) is 16.9 Å². The lowest BCUT2D eigenvalue weighted by Gasteiger charge is -2.06. The van der Waals surface area contributed by atoms with Gasteiger partial charge in [-0.2, -0.15) is 10.2 Å². The summed E-state index contributed by atoms with van der Waals surface area (Å²) < 4.78 is 5.47. The molecule has 0 unspecified atom stereocenters. The van der Waals surface area contributed by atoms with Crippen molar-refractivity contribution in [1.82, 2.24) is 0 Å². The molecule has 4 heteroatoms. The first-order valence-electron chi connectivity index (χ1n) is 9.63. The largest absolute Gasteiger partial charge is 0.423 e. The summed E-state index contributed by atoms with van der Waals surface area (Å²) >= 11 is 0. The van der Waals surface area contributed by atoms with Crippen molar-refractivity contribution in [2.75, 3.05) is 0 Å². The van der Waals surface area contributed by atoms with Gasteiger partial charge in [-0.3, -0.25) is 0 Å². The van der Waals surface area contributed by atoms with Gasteiger partial charge < -0.3 is 4.74 Å². The Bertz CT molecular complexity index is 1150. The van der Waals surface area contributed by atoms with Crippen LogP contribution in [0.4, 0.5) is 11.4 Å². The number of carbonyl (C=O) groups excluding carboxylic acids is 1. The Morgan fingerprint density at radius 3 is 1.77 bits per heavy atom. The molecule has 0 fully saturated rings. The standard InChI is InChI=1S/C26H20N2O2/c1-19-7-13-23(14-8-19)27-28-24-15-17-25(18-16-24)30-26(29)22-11-9-21(10-12-22)20-5-3-2-4-6-20/h2-18H,1H3. The maximum Gasteiger partial charge on any atom is 0.343 e. The smallest absolute Gasteiger partial charge is 0.343 e. The third-order valence-corrected chi connectivity index (χ3v) is 4.59. The van der Waals surface area contributed by atoms with E-state index < -0.39 is 5.97 Å². The highest BCUT2D eigenvalue weighted by Crippen LogP contribution is 2.23. The van der Waals surface area contributed by atoms with Gasteiger partial charge in [-0.05, 0) is 66.6 Å². The van der Waals surface area contributed by atoms with Crippen LogP contribution >= 0.6 is 0 Å². The van der Waals surface area contributed by atoms with Gasteiger partial charge in [-0.1, -0.05) is 60.2 Å². The lowest BCUT2D eigenvalue weighted by molar-refractivity contribution is 0.0735. The maximum absolute atomic E-state index is 12.4. The molecule has 0 aliphatic carbocycles. The SMILES string of the molecule is Cc1ccc(N=Nc2ccc(OC(=O)c3ccc(-c4ccccc4)cc3)cc2)cc1. The number of nitrogens with zero attached hydrogens (tertiary/aromatic N) is 2. The number of benzene rings is 4. The van der Waals surface area contributed by atoms with Crippen molar-refractivity contribution in [3.8, 4) is 16.9 Å². The van der Waals surface area contributed by atoms with Crippen molar-refractivity contribution in [2.24, 2.45) is 10.2 Å². The van der Waals surface area contributed by atoms with Crippen LogP contribution in [0, 0.1) is 6.92 Å². The second-order valence-electron chi connectivity index (χ2n) is 6.86. The molecule has 0 saturated carbocycles. The summed E-state index contributed by atoms with van der Waals surface area (Å²) in [6.07, 6.45) is 0. The van der Waals surface area contributed by atoms with Crippen LogP contribution in [0.15, 0.2) is 113 Å². The molecule has 146 valence electrons. The van der Waals surface area contributed by atoms with Gasteiger partial charge in [0.2, 0.25) is 0 Å². The number of aryl methyl sites for hydroxylation is 1. The summed E-state index contributed by atoms with van der Waals surface area (Å²) in [6.45, 7) is 2.03. The zero-order valence-corrected chi connectivity index (χ0v) is 16.5. The number of carbonyl (C=O) groups is 1. The summed E-state index contributed by atoms with van der Waals surface area (Å²) in [5.41, 5.74) is 5.30. The van der Waals surface area contributed by atoms with Crippen molar-refractivity contribution in [2.45, 2.75) is 6.92 Å². The Kier molecular flexibility index (Phi) is 5.76. The molecule has 0 saturated heterocycles. The van der Waals surface area contributed by atoms with E-state index in [0.29, 0.717) is 17.0 Å². The zero-order chi connectivity index (χ0) is 20.8. The number of rotatable bonds is 5. The molecule has 30 heavy (non-hydrogen) atoms. The van der Waals surface area contributed by atoms with Gasteiger partial charge in [0.15, 0.2) is 0 Å². The van der Waals surface area contributed by atoms with Crippen molar-refractivity contribution in [1.29, 1.82) is 0 Å². The Morgan fingerprint density at radius 1 is 0.633 bits per heavy atom. The monoisotopic (exact) mass is 392 g/mol. The molecular weight excluding hydrogens is 372 g/mol. The summed E-state index contributed by atoms with van der Waals surface area (Å²) in [7, 11) is 0. The van der Waals surface area contributed by atoms with Crippen LogP contribution < -0.4 is 4.74 Å². The number of azo groups is 1. The first-order valence-corrected chi connectivity index (χ1v) is 9.63. The first-order chi connectivity index (χ1) is 14.7. The van der Waals surface area contributed by atoms with E-state index in [4.69, 9.17) is 4.74 Å². The van der Waals surface area contributed by atoms with Crippen LogP contribution in [0.25, 0.3) is 11.1 Å². The number of esters is 1. The topological polar surface area (TPSA) is 51.0 Å². The third kappa shape index (κ3) is 4.86. The Hall–Kier alpha value is -4.05. The predicted molar refractivity (Wildman–Crippen MR) is 119 cm³/mol. The molecule has 4 aromatic rings. The minimum absolute atomic E-state index is 0.399. The van der Waals surface area contributed by atoms with E-state index in [2.05, 4.69) is 10.2 Å². The van der Waals surface area contributed by atoms with E-state index in [1.807, 2.05) is 73.7 Å². The number of hydrogen-bond acceptors (Lipinski definition) is 4. The first kappa shape index (κ1) is 19.3. The molecule has 0 aliphatic heterocycles. The molecule has 0 radical (unpaired) electrons. The van der Waals surface area contributed by atoms with E-state index in [-0.39, 0.29) is 0 Å². The van der Waals surface area contributed by atoms with Crippen molar-refractivity contribution >= 4 is 17.3 Å². The summed E-state index contributed by atoms with van der Waals surface area (Å²) in [4.78, 5) is 12.4. The fourth-order valence-electron chi connectivity index (χ4n) is 2.90. The van der Waals surface area contributed by atoms with Gasteiger partial charge >= 0.3 is 5.97 Å². The number of hydrogen-bond donors (Lipinski definition) is 0. The molecular formula is C26H20N2O2. The molecule has 4 aromatic carbocycles. The molecule has 0 heterocycles. The van der Waals surface area contributed by atoms with Crippen LogP contribution in [0.5, 0.6) is 5.75 Å². The molecule has 0 aliphatic rings. The lowest BCUT2D eigenvalue weighted by Crippen LogP contribution is -2.08. The van der Waals surface area contributed by atoms with E-state index in [0.717, 1.165) is 16.8 Å². The zero-order valence-electron chi connectivity index (χ0n) is 16.5. The maximum atomic E-state index is 12.4. The minimum Gasteiger partial charge on any atom is -0.423 e. The minimum atomic E-state index is -0.399. The molecule has 4 nitrogen and oxygen atoms in total. The van der Waals surface area contributed by atoms with Crippen LogP contribution in [-0.4, -0.2) is 5.97 Å². The highest BCUT2D eigenvalue weighted by atomic mass is 16.5. The van der Waals surface area contributed by atoms with E-state index >= 15 is 0 Å². The van der Waals surface area contributed by atoms with Gasteiger partial charge in [0, 0.05) is 0 Å². The van der Waals surface area contributed by atoms with E-state index in [1.54, 1.807) is 36.4 Å². The summed E-state index contributed by atoms with van der Waals surface area (Å²) in [5, 5.41) is 8.41. The van der Waals surface area contributed by atoms with Crippen LogP contribution in [-0.2, 0) is 0 Å². The van der Waals surface area contributed by atoms with Crippen LogP contribution in [0.3, 0.4) is 0 Å². The quantitative estimate of drug-likeness (QED) is 0.203. The average Bonchev–Trinajstić information content (AvgIpc) is 2.80. The van der Waals surface area contributed by atoms with Crippen molar-refractivity contribution < 1.29 is 9.53 Å². The van der Waals surface area contributed by atoms with Gasteiger partial charge in [0.25, 0.3) is 0 Å². The van der Waals surface area contributed by atoms with E-state index in [9.17, 15) is 4.79 Å². The summed E-state index contributed by atoms with van der Waals surface area (Å²) in [5.74, 6) is 0.0602. The van der Waals surface area contributed by atoms with Gasteiger partial charge in [0.1, 0.15) is 5.75 Å². The Morgan fingerprint density at radius 2 is 1.17 bits per heavy atom. The predicted octanol–water partition coefficient (Wildman–Crippen LogP) is 7.30. The van der Waals surface area contributed by atoms with Crippen molar-refractivity contribution in [3.05, 3.63) is 114 Å². The highest BCUT2D eigenvalue weighted by Gasteiger charge is 2.09. The second-order valence-corrected chi connectivity index (χ2v) is 6.86. The van der Waals surface area contributed by atoms with Crippen LogP contribution in [0.2, 0.25) is 0 Å². The molecule has 0 atom stereocenters.